The first kappa shape index (κ1) is 125. The van der Waals surface area contributed by atoms with Crippen molar-refractivity contribution in [3.05, 3.63) is 24.3 Å². The van der Waals surface area contributed by atoms with Gasteiger partial charge in [0.05, 0.1) is 0 Å². The van der Waals surface area contributed by atoms with Gasteiger partial charge in [0.2, 0.25) is 0 Å². The Kier molecular flexibility index (Phi) is 101. The van der Waals surface area contributed by atoms with Gasteiger partial charge in [0.15, 0.2) is 0 Å². The molecule has 0 heteroatoms. The lowest BCUT2D eigenvalue weighted by Crippen LogP contribution is -2.22. The van der Waals surface area contributed by atoms with Gasteiger partial charge in [-0.3, -0.25) is 0 Å². The van der Waals surface area contributed by atoms with Crippen molar-refractivity contribution >= 4 is 0 Å². The molecule has 0 bridgehead atoms. The highest BCUT2D eigenvalue weighted by Gasteiger charge is 2.28. The molecule has 0 aromatic rings. The van der Waals surface area contributed by atoms with Crippen LogP contribution in [0, 0.1) is 296 Å². The summed E-state index contributed by atoms with van der Waals surface area (Å²) in [5.41, 5.74) is 0. The van der Waals surface area contributed by atoms with E-state index in [0.29, 0.717) is 35.5 Å². The summed E-state index contributed by atoms with van der Waals surface area (Å²) in [6.07, 6.45) is 35.7. The average Bonchev–Trinajstić information content (AvgIpc) is 1.80. The van der Waals surface area contributed by atoms with E-state index in [1.807, 2.05) is 125 Å². The van der Waals surface area contributed by atoms with Crippen LogP contribution in [0.4, 0.5) is 0 Å². The zero-order chi connectivity index (χ0) is 90.3. The monoisotopic (exact) mass is 1580 g/mol. The topological polar surface area (TPSA) is 0 Å². The molecule has 652 valence electrons. The van der Waals surface area contributed by atoms with Crippen molar-refractivity contribution in [3.8, 4) is 166 Å². The second kappa shape index (κ2) is 93.8. The van der Waals surface area contributed by atoms with E-state index in [1.165, 1.54) is 38.5 Å². The molecule has 0 saturated carbocycles. The first-order valence-corrected chi connectivity index (χ1v) is 46.8. The summed E-state index contributed by atoms with van der Waals surface area (Å²) < 4.78 is 0. The number of hydrogen-bond acceptors (Lipinski definition) is 0. The normalized spacial score (nSPS) is 21.4. The van der Waals surface area contributed by atoms with Crippen molar-refractivity contribution in [2.75, 3.05) is 0 Å². The molecule has 5 aliphatic carbocycles. The molecule has 0 fully saturated rings. The van der Waals surface area contributed by atoms with Gasteiger partial charge in [-0.1, -0.05) is 231 Å². The summed E-state index contributed by atoms with van der Waals surface area (Å²) in [7, 11) is 0. The predicted octanol–water partition coefficient (Wildman–Crippen LogP) is 32.7. The van der Waals surface area contributed by atoms with Crippen LogP contribution in [0.2, 0.25) is 0 Å². The molecule has 0 nitrogen and oxygen atoms in total. The van der Waals surface area contributed by atoms with E-state index in [9.17, 15) is 0 Å². The highest BCUT2D eigenvalue weighted by molar-refractivity contribution is 5.12. The second-order valence-electron chi connectivity index (χ2n) is 32.8. The van der Waals surface area contributed by atoms with Gasteiger partial charge in [-0.05, 0) is 225 Å². The van der Waals surface area contributed by atoms with E-state index in [-0.39, 0.29) is 0 Å². The highest BCUT2D eigenvalue weighted by Crippen LogP contribution is 2.36. The minimum Gasteiger partial charge on any atom is -0.107 e. The van der Waals surface area contributed by atoms with Gasteiger partial charge >= 0.3 is 0 Å². The molecule has 5 aliphatic rings. The second-order valence-corrected chi connectivity index (χ2v) is 32.8. The Bertz CT molecular complexity index is 3150. The molecular weight excluding hydrogens is 1390 g/mol. The van der Waals surface area contributed by atoms with Crippen LogP contribution in [0.25, 0.3) is 0 Å². The zero-order valence-electron chi connectivity index (χ0n) is 84.0. The van der Waals surface area contributed by atoms with Gasteiger partial charge in [-0.15, -0.1) is 166 Å². The van der Waals surface area contributed by atoms with Crippen molar-refractivity contribution in [2.24, 2.45) is 130 Å². The summed E-state index contributed by atoms with van der Waals surface area (Å²) >= 11 is 0. The molecule has 116 heavy (non-hydrogen) atoms. The van der Waals surface area contributed by atoms with E-state index >= 15 is 0 Å². The zero-order valence-corrected chi connectivity index (χ0v) is 84.0. The van der Waals surface area contributed by atoms with E-state index in [1.54, 1.807) is 0 Å². The molecule has 0 N–H and O–H groups in total. The summed E-state index contributed by atoms with van der Waals surface area (Å²) in [5, 5.41) is 0. The summed E-state index contributed by atoms with van der Waals surface area (Å²) in [6.45, 7) is 80.5. The Morgan fingerprint density at radius 3 is 0.707 bits per heavy atom. The molecule has 0 heterocycles. The predicted molar refractivity (Wildman–Crippen MR) is 530 cm³/mol. The Balaban J connectivity index is -0.000000189. The van der Waals surface area contributed by atoms with Gasteiger partial charge < -0.3 is 0 Å². The molecular formula is C116H188. The third-order valence-electron chi connectivity index (χ3n) is 22.0. The van der Waals surface area contributed by atoms with E-state index < -0.39 is 0 Å². The van der Waals surface area contributed by atoms with Crippen LogP contribution in [0.5, 0.6) is 0 Å². The number of allylic oxidation sites excluding steroid dienone is 4. The third kappa shape index (κ3) is 74.8. The Morgan fingerprint density at radius 2 is 0.466 bits per heavy atom. The SMILES string of the molecule is CC.CC.CC.CC.CC#CCC(C)C.CC#CCC(C)C.CC#CCC(C)C(C)CC#CC.CC#CCC(C)C(CC#CC)C(C)CC#CC.CC#CCC(CC)C1CC#CCC1C.CC#CCC1C(C)CC=CCC1C.CC#CCC1C(C)CC=CCC1C.CC1CC#CCC1C.CCC(CC#CCC(C)C)C1CC#CCC1C. The summed E-state index contributed by atoms with van der Waals surface area (Å²) in [4.78, 5) is 0. The molecule has 0 spiro atoms. The Hall–Kier alpha value is -6.68. The quantitative estimate of drug-likeness (QED) is 0.0893. The molecule has 0 aliphatic heterocycles. The van der Waals surface area contributed by atoms with Crippen LogP contribution in [0.1, 0.15) is 417 Å². The smallest absolute Gasteiger partial charge is 0.0123 e. The molecule has 0 aromatic carbocycles. The van der Waals surface area contributed by atoms with Crippen LogP contribution >= 0.6 is 0 Å². The van der Waals surface area contributed by atoms with Gasteiger partial charge in [-0.25, -0.2) is 0 Å². The molecule has 0 amide bonds. The van der Waals surface area contributed by atoms with Crippen LogP contribution in [-0.4, -0.2) is 0 Å². The molecule has 16 atom stereocenters. The maximum atomic E-state index is 3.39. The maximum Gasteiger partial charge on any atom is 0.0123 e. The van der Waals surface area contributed by atoms with Gasteiger partial charge in [0.1, 0.15) is 0 Å². The lowest BCUT2D eigenvalue weighted by molar-refractivity contribution is 0.238. The minimum atomic E-state index is 0.594. The van der Waals surface area contributed by atoms with Crippen LogP contribution < -0.4 is 0 Å². The molecule has 0 radical (unpaired) electrons. The van der Waals surface area contributed by atoms with Crippen LogP contribution in [0.15, 0.2) is 24.3 Å². The minimum absolute atomic E-state index is 0.594. The van der Waals surface area contributed by atoms with E-state index in [0.717, 1.165) is 210 Å². The molecule has 5 rings (SSSR count). The fourth-order valence-corrected chi connectivity index (χ4v) is 13.5. The van der Waals surface area contributed by atoms with Crippen LogP contribution in [-0.2, 0) is 0 Å². The molecule has 16 unspecified atom stereocenters. The number of rotatable bonds is 19. The number of hydrogen-bond donors (Lipinski definition) is 0. The Morgan fingerprint density at radius 1 is 0.250 bits per heavy atom. The fraction of sp³-hybridized carbons (Fsp3) is 0.724. The van der Waals surface area contributed by atoms with Gasteiger partial charge in [0, 0.05) is 116 Å². The first-order valence-electron chi connectivity index (χ1n) is 46.8. The Labute approximate surface area is 732 Å². The lowest BCUT2D eigenvalue weighted by atomic mass is 9.74. The van der Waals surface area contributed by atoms with Crippen molar-refractivity contribution in [1.82, 2.24) is 0 Å². The van der Waals surface area contributed by atoms with Gasteiger partial charge in [-0.2, -0.15) is 0 Å². The standard InChI is InChI=1S/C17H26.C17H24.C14H20.2C13H20.C12H18.C8H12.2C7H12.4C2H6/c1-5-16(12-8-6-10-14(2)3)17-13-9-7-11-15(17)4;1-6-9-12-15(4)17(14-11-8-3)16(5)13-10-7-2;1-4-6-10-13(5-2)14-11-8-7-9-12(14)3;2*1-4-5-10-13-11(2)8-6-7-9-12(13)3;1-5-7-9-11(3)12(4)10-8-6-2;1-7-5-3-4-6-8(7)2;2*1-4-5-6-7(2)3;4*1-2/h14-17H,5,10-13H2,1-4H3;15-17H,12-14H2,1-5H3;12-14H,5,9-11H2,1-3H3;2*6-7,11-13H,8-10H2,1-3H3;11-12H,9-10H2,1-4H3;7-8H,5-6H2,1-2H3;2*7H,6H2,1-3H3;4*1-2H3. The van der Waals surface area contributed by atoms with Crippen molar-refractivity contribution < 1.29 is 0 Å². The largest absolute Gasteiger partial charge is 0.107 e. The summed E-state index contributed by atoms with van der Waals surface area (Å²) in [5.74, 6) is 103. The highest BCUT2D eigenvalue weighted by atomic mass is 14.3. The van der Waals surface area contributed by atoms with Crippen LogP contribution in [0.3, 0.4) is 0 Å². The van der Waals surface area contributed by atoms with E-state index in [4.69, 9.17) is 0 Å². The summed E-state index contributed by atoms with van der Waals surface area (Å²) in [6, 6.07) is 0. The maximum absolute atomic E-state index is 3.39. The fourth-order valence-electron chi connectivity index (χ4n) is 13.5. The third-order valence-corrected chi connectivity index (χ3v) is 22.0. The molecule has 0 saturated heterocycles. The first-order chi connectivity index (χ1) is 55.7. The molecule has 0 aromatic heterocycles. The van der Waals surface area contributed by atoms with Crippen molar-refractivity contribution in [1.29, 1.82) is 0 Å². The van der Waals surface area contributed by atoms with Crippen molar-refractivity contribution in [2.45, 2.75) is 417 Å². The van der Waals surface area contributed by atoms with Crippen molar-refractivity contribution in [3.63, 3.8) is 0 Å². The van der Waals surface area contributed by atoms with Gasteiger partial charge in [0.25, 0.3) is 0 Å². The van der Waals surface area contributed by atoms with E-state index in [2.05, 4.69) is 329 Å². The lowest BCUT2D eigenvalue weighted by Gasteiger charge is -2.29. The average molecular weight is 1580 g/mol.